The Bertz CT molecular complexity index is 1060. The van der Waals surface area contributed by atoms with Crippen molar-refractivity contribution in [2.75, 3.05) is 20.8 Å². The lowest BCUT2D eigenvalue weighted by Crippen LogP contribution is -2.30. The molecule has 0 spiro atoms. The molecule has 6 nitrogen and oxygen atoms in total. The molecule has 0 bridgehead atoms. The van der Waals surface area contributed by atoms with E-state index in [4.69, 9.17) is 21.1 Å². The van der Waals surface area contributed by atoms with Gasteiger partial charge in [0, 0.05) is 23.2 Å². The van der Waals surface area contributed by atoms with E-state index in [1.54, 1.807) is 13.2 Å². The highest BCUT2D eigenvalue weighted by Crippen LogP contribution is 2.37. The molecule has 1 aliphatic rings. The first kappa shape index (κ1) is 20.2. The van der Waals surface area contributed by atoms with Gasteiger partial charge in [0.05, 0.1) is 25.8 Å². The van der Waals surface area contributed by atoms with Crippen LogP contribution in [0.15, 0.2) is 54.6 Å². The zero-order valence-corrected chi connectivity index (χ0v) is 17.6. The fourth-order valence-corrected chi connectivity index (χ4v) is 4.12. The maximum Gasteiger partial charge on any atom is 0.254 e. The highest BCUT2D eigenvalue weighted by molar-refractivity contribution is 6.31. The Morgan fingerprint density at radius 3 is 2.53 bits per heavy atom. The van der Waals surface area contributed by atoms with Crippen LogP contribution in [0.1, 0.15) is 34.8 Å². The lowest BCUT2D eigenvalue weighted by Gasteiger charge is -2.26. The fourth-order valence-electron chi connectivity index (χ4n) is 3.86. The molecule has 7 heteroatoms. The number of rotatable bonds is 5. The van der Waals surface area contributed by atoms with Gasteiger partial charge in [-0.1, -0.05) is 41.9 Å². The number of nitrogens with zero attached hydrogens (tertiary/aromatic N) is 3. The largest absolute Gasteiger partial charge is 0.480 e. The molecule has 30 heavy (non-hydrogen) atoms. The molecule has 0 saturated carbocycles. The van der Waals surface area contributed by atoms with Gasteiger partial charge >= 0.3 is 0 Å². The van der Waals surface area contributed by atoms with E-state index in [1.807, 2.05) is 53.4 Å². The minimum atomic E-state index is -0.000343. The standard InChI is InChI=1S/C23H22ClN3O3/c1-29-21-14-18(22(30-2)26-25-21)15-9-11-16(12-10-15)23(28)27-13-5-8-20(27)17-6-3-4-7-19(17)24/h3-4,6-7,9-12,14,20H,5,8,13H2,1-2H3/t20-/m1/s1. The Morgan fingerprint density at radius 1 is 1.07 bits per heavy atom. The molecule has 4 rings (SSSR count). The molecule has 3 aromatic rings. The zero-order valence-electron chi connectivity index (χ0n) is 16.8. The first-order chi connectivity index (χ1) is 14.6. The molecule has 1 aromatic heterocycles. The summed E-state index contributed by atoms with van der Waals surface area (Å²) in [5.74, 6) is 0.792. The molecule has 1 aliphatic heterocycles. The van der Waals surface area contributed by atoms with Gasteiger partial charge in [-0.15, -0.1) is 10.2 Å². The van der Waals surface area contributed by atoms with Crippen molar-refractivity contribution in [1.82, 2.24) is 15.1 Å². The average molecular weight is 424 g/mol. The maximum atomic E-state index is 13.2. The van der Waals surface area contributed by atoms with E-state index in [1.165, 1.54) is 7.11 Å². The van der Waals surface area contributed by atoms with Crippen molar-refractivity contribution in [1.29, 1.82) is 0 Å². The van der Waals surface area contributed by atoms with E-state index >= 15 is 0 Å². The van der Waals surface area contributed by atoms with Gasteiger partial charge in [-0.2, -0.15) is 0 Å². The first-order valence-corrected chi connectivity index (χ1v) is 10.1. The molecule has 1 fully saturated rings. The molecule has 1 saturated heterocycles. The molecule has 1 amide bonds. The second-order valence-electron chi connectivity index (χ2n) is 7.07. The van der Waals surface area contributed by atoms with Crippen molar-refractivity contribution >= 4 is 17.5 Å². The third-order valence-corrected chi connectivity index (χ3v) is 5.71. The second kappa shape index (κ2) is 8.71. The maximum absolute atomic E-state index is 13.2. The molecule has 0 N–H and O–H groups in total. The van der Waals surface area contributed by atoms with Crippen LogP contribution < -0.4 is 9.47 Å². The van der Waals surface area contributed by atoms with Crippen LogP contribution in [0.5, 0.6) is 11.8 Å². The highest BCUT2D eigenvalue weighted by atomic mass is 35.5. The number of hydrogen-bond donors (Lipinski definition) is 0. The molecular formula is C23H22ClN3O3. The average Bonchev–Trinajstić information content (AvgIpc) is 3.28. The van der Waals surface area contributed by atoms with Crippen LogP contribution in [0.25, 0.3) is 11.1 Å². The summed E-state index contributed by atoms with van der Waals surface area (Å²) in [6.45, 7) is 0.718. The summed E-state index contributed by atoms with van der Waals surface area (Å²) in [6.07, 6.45) is 1.87. The Labute approximate surface area is 180 Å². The molecule has 0 unspecified atom stereocenters. The molecule has 2 aromatic carbocycles. The van der Waals surface area contributed by atoms with Crippen molar-refractivity contribution in [2.45, 2.75) is 18.9 Å². The van der Waals surface area contributed by atoms with E-state index in [2.05, 4.69) is 10.2 Å². The third kappa shape index (κ3) is 3.83. The van der Waals surface area contributed by atoms with E-state index in [0.717, 1.165) is 36.1 Å². The van der Waals surface area contributed by atoms with Gasteiger partial charge in [-0.25, -0.2) is 0 Å². The van der Waals surface area contributed by atoms with Gasteiger partial charge < -0.3 is 14.4 Å². The SMILES string of the molecule is COc1cc(-c2ccc(C(=O)N3CCC[C@@H]3c3ccccc3Cl)cc2)c(OC)nn1. The number of carbonyl (C=O) groups is 1. The van der Waals surface area contributed by atoms with Gasteiger partial charge in [0.15, 0.2) is 0 Å². The fraction of sp³-hybridized carbons (Fsp3) is 0.261. The lowest BCUT2D eigenvalue weighted by molar-refractivity contribution is 0.0736. The van der Waals surface area contributed by atoms with Gasteiger partial charge in [0.25, 0.3) is 5.91 Å². The van der Waals surface area contributed by atoms with E-state index in [9.17, 15) is 4.79 Å². The number of benzene rings is 2. The predicted octanol–water partition coefficient (Wildman–Crippen LogP) is 4.79. The zero-order chi connectivity index (χ0) is 21.1. The number of halogens is 1. The lowest BCUT2D eigenvalue weighted by atomic mass is 10.0. The van der Waals surface area contributed by atoms with Gasteiger partial charge in [0.1, 0.15) is 0 Å². The Kier molecular flexibility index (Phi) is 5.86. The molecule has 1 atom stereocenters. The third-order valence-electron chi connectivity index (χ3n) is 5.36. The van der Waals surface area contributed by atoms with Gasteiger partial charge in [-0.05, 0) is 42.2 Å². The molecule has 154 valence electrons. The Balaban J connectivity index is 1.60. The number of ether oxygens (including phenoxy) is 2. The van der Waals surface area contributed by atoms with Crippen molar-refractivity contribution in [2.24, 2.45) is 0 Å². The summed E-state index contributed by atoms with van der Waals surface area (Å²) in [6, 6.07) is 16.9. The van der Waals surface area contributed by atoms with Gasteiger partial charge in [0.2, 0.25) is 11.8 Å². The van der Waals surface area contributed by atoms with Crippen LogP contribution in [-0.2, 0) is 0 Å². The molecular weight excluding hydrogens is 402 g/mol. The number of hydrogen-bond acceptors (Lipinski definition) is 5. The van der Waals surface area contributed by atoms with Crippen LogP contribution in [0.2, 0.25) is 5.02 Å². The number of amides is 1. The highest BCUT2D eigenvalue weighted by Gasteiger charge is 2.31. The Morgan fingerprint density at radius 2 is 1.83 bits per heavy atom. The first-order valence-electron chi connectivity index (χ1n) is 9.74. The summed E-state index contributed by atoms with van der Waals surface area (Å²) in [7, 11) is 3.08. The summed E-state index contributed by atoms with van der Waals surface area (Å²) in [5.41, 5.74) is 3.24. The quantitative estimate of drug-likeness (QED) is 0.590. The number of carbonyl (C=O) groups excluding carboxylic acids is 1. The van der Waals surface area contributed by atoms with Crippen LogP contribution in [-0.4, -0.2) is 41.8 Å². The minimum absolute atomic E-state index is 0.000343. The van der Waals surface area contributed by atoms with Gasteiger partial charge in [-0.3, -0.25) is 4.79 Å². The number of aromatic nitrogens is 2. The predicted molar refractivity (Wildman–Crippen MR) is 115 cm³/mol. The van der Waals surface area contributed by atoms with E-state index in [-0.39, 0.29) is 11.9 Å². The minimum Gasteiger partial charge on any atom is -0.480 e. The van der Waals surface area contributed by atoms with Crippen molar-refractivity contribution < 1.29 is 14.3 Å². The molecule has 0 aliphatic carbocycles. The summed E-state index contributed by atoms with van der Waals surface area (Å²) in [4.78, 5) is 15.1. The summed E-state index contributed by atoms with van der Waals surface area (Å²) >= 11 is 6.39. The normalized spacial score (nSPS) is 15.8. The monoisotopic (exact) mass is 423 g/mol. The summed E-state index contributed by atoms with van der Waals surface area (Å²) in [5, 5.41) is 8.66. The molecule has 2 heterocycles. The van der Waals surface area contributed by atoms with Crippen molar-refractivity contribution in [3.05, 3.63) is 70.7 Å². The van der Waals surface area contributed by atoms with E-state index in [0.29, 0.717) is 22.3 Å². The van der Waals surface area contributed by atoms with E-state index < -0.39 is 0 Å². The van der Waals surface area contributed by atoms with Crippen LogP contribution in [0.4, 0.5) is 0 Å². The van der Waals surface area contributed by atoms with Crippen molar-refractivity contribution in [3.63, 3.8) is 0 Å². The smallest absolute Gasteiger partial charge is 0.254 e. The summed E-state index contributed by atoms with van der Waals surface area (Å²) < 4.78 is 10.5. The van der Waals surface area contributed by atoms with Crippen LogP contribution in [0.3, 0.4) is 0 Å². The number of likely N-dealkylation sites (tertiary alicyclic amines) is 1. The number of methoxy groups -OCH3 is 2. The Hall–Kier alpha value is -3.12. The topological polar surface area (TPSA) is 64.5 Å². The second-order valence-corrected chi connectivity index (χ2v) is 7.47. The molecule has 0 radical (unpaired) electrons. The van der Waals surface area contributed by atoms with Crippen LogP contribution >= 0.6 is 11.6 Å². The van der Waals surface area contributed by atoms with Crippen LogP contribution in [0, 0.1) is 0 Å². The van der Waals surface area contributed by atoms with Crippen molar-refractivity contribution in [3.8, 4) is 22.9 Å².